The molecule has 54 valence electrons. The van der Waals surface area contributed by atoms with Crippen LogP contribution >= 0.6 is 23.2 Å². The van der Waals surface area contributed by atoms with Crippen molar-refractivity contribution in [1.29, 1.82) is 0 Å². The van der Waals surface area contributed by atoms with Crippen molar-refractivity contribution in [3.05, 3.63) is 30.1 Å². The number of hydrogen-bond donors (Lipinski definition) is 0. The van der Waals surface area contributed by atoms with E-state index in [1.807, 2.05) is 0 Å². The van der Waals surface area contributed by atoms with Crippen molar-refractivity contribution < 1.29 is 4.39 Å². The molecule has 0 fully saturated rings. The van der Waals surface area contributed by atoms with Gasteiger partial charge < -0.3 is 0 Å². The minimum atomic E-state index is -2.33. The van der Waals surface area contributed by atoms with Crippen molar-refractivity contribution in [2.75, 3.05) is 0 Å². The van der Waals surface area contributed by atoms with E-state index in [0.717, 1.165) is 0 Å². The lowest BCUT2D eigenvalue weighted by atomic mass is 10.3. The number of aromatic nitrogens is 1. The first kappa shape index (κ1) is 7.76. The van der Waals surface area contributed by atoms with Crippen LogP contribution in [0.5, 0.6) is 0 Å². The van der Waals surface area contributed by atoms with E-state index in [1.165, 1.54) is 18.5 Å². The van der Waals surface area contributed by atoms with Gasteiger partial charge >= 0.3 is 0 Å². The predicted octanol–water partition coefficient (Wildman–Crippen LogP) is 2.64. The molecule has 0 atom stereocenters. The van der Waals surface area contributed by atoms with Gasteiger partial charge in [-0.05, 0) is 6.07 Å². The highest BCUT2D eigenvalue weighted by Crippen LogP contribution is 2.34. The van der Waals surface area contributed by atoms with Crippen LogP contribution in [0.1, 0.15) is 5.56 Å². The summed E-state index contributed by atoms with van der Waals surface area (Å²) >= 11 is 10.2. The van der Waals surface area contributed by atoms with Crippen molar-refractivity contribution in [3.63, 3.8) is 0 Å². The summed E-state index contributed by atoms with van der Waals surface area (Å²) in [5, 5.41) is 0. The Bertz CT molecular complexity index is 207. The second kappa shape index (κ2) is 2.72. The van der Waals surface area contributed by atoms with Gasteiger partial charge in [-0.25, -0.2) is 4.39 Å². The summed E-state index contributed by atoms with van der Waals surface area (Å²) in [6.07, 6.45) is 2.79. The van der Waals surface area contributed by atoms with E-state index < -0.39 is 4.59 Å². The Morgan fingerprint density at radius 2 is 2.20 bits per heavy atom. The summed E-state index contributed by atoms with van der Waals surface area (Å²) in [6.45, 7) is 0. The van der Waals surface area contributed by atoms with Gasteiger partial charge in [-0.1, -0.05) is 29.3 Å². The summed E-state index contributed by atoms with van der Waals surface area (Å²) in [5.41, 5.74) is 0.151. The Balaban J connectivity index is 2.97. The van der Waals surface area contributed by atoms with Gasteiger partial charge in [0.05, 0.1) is 0 Å². The van der Waals surface area contributed by atoms with E-state index in [2.05, 4.69) is 4.98 Å². The maximum atomic E-state index is 12.6. The highest BCUT2D eigenvalue weighted by molar-refractivity contribution is 6.46. The predicted molar refractivity (Wildman–Crippen MR) is 38.7 cm³/mol. The standard InChI is InChI=1S/C6H4Cl2FN/c7-6(8,9)5-2-1-3-10-4-5/h1-4H. The first-order valence-electron chi connectivity index (χ1n) is 2.58. The van der Waals surface area contributed by atoms with Gasteiger partial charge in [0.25, 0.3) is 4.59 Å². The summed E-state index contributed by atoms with van der Waals surface area (Å²) in [5.74, 6) is 0. The normalized spacial score (nSPS) is 11.5. The van der Waals surface area contributed by atoms with Gasteiger partial charge in [-0.3, -0.25) is 4.98 Å². The van der Waals surface area contributed by atoms with Gasteiger partial charge in [0.2, 0.25) is 0 Å². The zero-order valence-electron chi connectivity index (χ0n) is 4.89. The summed E-state index contributed by atoms with van der Waals surface area (Å²) in [4.78, 5) is 3.64. The highest BCUT2D eigenvalue weighted by Gasteiger charge is 2.24. The molecular weight excluding hydrogens is 176 g/mol. The van der Waals surface area contributed by atoms with E-state index in [1.54, 1.807) is 6.07 Å². The molecule has 0 aliphatic carbocycles. The third-order valence-electron chi connectivity index (χ3n) is 0.989. The molecule has 0 radical (unpaired) electrons. The van der Waals surface area contributed by atoms with Crippen LogP contribution in [0, 0.1) is 0 Å². The second-order valence-electron chi connectivity index (χ2n) is 1.74. The molecule has 1 rings (SSSR count). The third-order valence-corrected chi connectivity index (χ3v) is 1.43. The summed E-state index contributed by atoms with van der Waals surface area (Å²) in [7, 11) is 0. The molecule has 10 heavy (non-hydrogen) atoms. The van der Waals surface area contributed by atoms with Crippen LogP contribution in [-0.2, 0) is 4.59 Å². The second-order valence-corrected chi connectivity index (χ2v) is 2.97. The highest BCUT2D eigenvalue weighted by atomic mass is 35.5. The molecule has 0 aromatic carbocycles. The molecule has 0 aliphatic rings. The molecule has 1 heterocycles. The van der Waals surface area contributed by atoms with Crippen LogP contribution in [0.4, 0.5) is 4.39 Å². The average Bonchev–Trinajstić information content (AvgIpc) is 1.88. The van der Waals surface area contributed by atoms with Gasteiger partial charge in [0, 0.05) is 18.0 Å². The molecule has 1 aromatic rings. The van der Waals surface area contributed by atoms with Crippen LogP contribution in [0.3, 0.4) is 0 Å². The molecule has 0 unspecified atom stereocenters. The maximum Gasteiger partial charge on any atom is 0.284 e. The minimum Gasteiger partial charge on any atom is -0.264 e. The number of nitrogens with zero attached hydrogens (tertiary/aromatic N) is 1. The first-order valence-corrected chi connectivity index (χ1v) is 3.33. The molecule has 0 saturated carbocycles. The number of hydrogen-bond acceptors (Lipinski definition) is 1. The average molecular weight is 180 g/mol. The maximum absolute atomic E-state index is 12.6. The van der Waals surface area contributed by atoms with Gasteiger partial charge in [0.15, 0.2) is 0 Å². The molecular formula is C6H4Cl2FN. The summed E-state index contributed by atoms with van der Waals surface area (Å²) in [6, 6.07) is 3.03. The fourth-order valence-corrected chi connectivity index (χ4v) is 0.754. The van der Waals surface area contributed by atoms with Crippen LogP contribution in [0.15, 0.2) is 24.5 Å². The Kier molecular flexibility index (Phi) is 2.11. The van der Waals surface area contributed by atoms with Crippen molar-refractivity contribution in [2.24, 2.45) is 0 Å². The zero-order chi connectivity index (χ0) is 7.61. The van der Waals surface area contributed by atoms with Crippen molar-refractivity contribution in [1.82, 2.24) is 4.98 Å². The number of alkyl halides is 3. The van der Waals surface area contributed by atoms with Gasteiger partial charge in [-0.15, -0.1) is 0 Å². The van der Waals surface area contributed by atoms with Crippen LogP contribution in [-0.4, -0.2) is 4.98 Å². The van der Waals surface area contributed by atoms with Crippen LogP contribution in [0.25, 0.3) is 0 Å². The van der Waals surface area contributed by atoms with Crippen LogP contribution in [0.2, 0.25) is 0 Å². The molecule has 0 spiro atoms. The molecule has 1 aromatic heterocycles. The van der Waals surface area contributed by atoms with E-state index in [9.17, 15) is 4.39 Å². The fourth-order valence-electron chi connectivity index (χ4n) is 0.530. The molecule has 4 heteroatoms. The lowest BCUT2D eigenvalue weighted by Gasteiger charge is -2.06. The van der Waals surface area contributed by atoms with Gasteiger partial charge in [-0.2, -0.15) is 0 Å². The smallest absolute Gasteiger partial charge is 0.264 e. The monoisotopic (exact) mass is 179 g/mol. The van der Waals surface area contributed by atoms with E-state index >= 15 is 0 Å². The largest absolute Gasteiger partial charge is 0.284 e. The lowest BCUT2D eigenvalue weighted by molar-refractivity contribution is 0.404. The Hall–Kier alpha value is -0.340. The fraction of sp³-hybridized carbons (Fsp3) is 0.167. The Morgan fingerprint density at radius 3 is 2.50 bits per heavy atom. The minimum absolute atomic E-state index is 0.151. The Morgan fingerprint density at radius 1 is 1.50 bits per heavy atom. The van der Waals surface area contributed by atoms with E-state index in [-0.39, 0.29) is 5.56 Å². The lowest BCUT2D eigenvalue weighted by Crippen LogP contribution is -2.00. The zero-order valence-corrected chi connectivity index (χ0v) is 6.40. The molecule has 0 aliphatic heterocycles. The summed E-state index contributed by atoms with van der Waals surface area (Å²) < 4.78 is 10.3. The third kappa shape index (κ3) is 1.82. The quantitative estimate of drug-likeness (QED) is 0.605. The number of halogens is 3. The molecule has 0 amide bonds. The van der Waals surface area contributed by atoms with Crippen LogP contribution < -0.4 is 0 Å². The number of rotatable bonds is 1. The molecule has 0 N–H and O–H groups in total. The van der Waals surface area contributed by atoms with Gasteiger partial charge in [0.1, 0.15) is 0 Å². The van der Waals surface area contributed by atoms with Crippen molar-refractivity contribution in [3.8, 4) is 0 Å². The topological polar surface area (TPSA) is 12.9 Å². The molecule has 1 nitrogen and oxygen atoms in total. The molecule has 0 bridgehead atoms. The van der Waals surface area contributed by atoms with Crippen molar-refractivity contribution in [2.45, 2.75) is 4.59 Å². The molecule has 0 saturated heterocycles. The van der Waals surface area contributed by atoms with Crippen molar-refractivity contribution >= 4 is 23.2 Å². The number of pyridine rings is 1. The van der Waals surface area contributed by atoms with E-state index in [0.29, 0.717) is 0 Å². The van der Waals surface area contributed by atoms with E-state index in [4.69, 9.17) is 23.2 Å². The SMILES string of the molecule is FC(Cl)(Cl)c1cccnc1. The first-order chi connectivity index (χ1) is 4.61. The Labute approximate surface area is 67.8 Å².